The van der Waals surface area contributed by atoms with Crippen LogP contribution in [-0.2, 0) is 4.79 Å². The van der Waals surface area contributed by atoms with Gasteiger partial charge in [-0.3, -0.25) is 14.6 Å². The highest BCUT2D eigenvalue weighted by Crippen LogP contribution is 2.39. The van der Waals surface area contributed by atoms with E-state index in [2.05, 4.69) is 18.8 Å². The molecule has 0 unspecified atom stereocenters. The minimum atomic E-state index is 0.0644. The average Bonchev–Trinajstić information content (AvgIpc) is 2.63. The molecule has 2 saturated heterocycles. The fraction of sp³-hybridized carbons (Fsp3) is 0.667. The molecular formula is C21H31N3O2. The summed E-state index contributed by atoms with van der Waals surface area (Å²) in [5.74, 6) is 0.960. The molecule has 1 spiro atoms. The lowest BCUT2D eigenvalue weighted by Gasteiger charge is -2.48. The summed E-state index contributed by atoms with van der Waals surface area (Å²) < 4.78 is 0. The maximum Gasteiger partial charge on any atom is 0.255 e. The topological polar surface area (TPSA) is 53.5 Å². The number of aromatic nitrogens is 1. The number of carbonyl (C=O) groups excluding carboxylic acids is 2. The Kier molecular flexibility index (Phi) is 5.64. The second-order valence-corrected chi connectivity index (χ2v) is 8.52. The summed E-state index contributed by atoms with van der Waals surface area (Å²) in [5.41, 5.74) is 1.74. The summed E-state index contributed by atoms with van der Waals surface area (Å²) in [6, 6.07) is 1.89. The number of carbonyl (C=O) groups is 2. The Balaban J connectivity index is 1.71. The van der Waals surface area contributed by atoms with Gasteiger partial charge in [0.25, 0.3) is 5.91 Å². The van der Waals surface area contributed by atoms with Crippen LogP contribution in [0.3, 0.4) is 0 Å². The van der Waals surface area contributed by atoms with E-state index in [0.717, 1.165) is 57.4 Å². The van der Waals surface area contributed by atoms with Crippen molar-refractivity contribution in [1.82, 2.24) is 14.8 Å². The lowest BCUT2D eigenvalue weighted by atomic mass is 9.73. The molecule has 0 bridgehead atoms. The standard InChI is InChI=1S/C21H31N3O2/c1-16(2)7-12-23-14-21(9-5-19(23)25)8-4-11-24(15-21)20(26)18-13-22-10-6-17(18)3/h6,10,13,16H,4-5,7-9,11-12,14-15H2,1-3H3/t21-/m0/s1. The van der Waals surface area contributed by atoms with Crippen molar-refractivity contribution in [2.75, 3.05) is 26.2 Å². The highest BCUT2D eigenvalue weighted by Gasteiger charge is 2.42. The van der Waals surface area contributed by atoms with Crippen LogP contribution in [0.2, 0.25) is 0 Å². The average molecular weight is 357 g/mol. The number of nitrogens with zero attached hydrogens (tertiary/aromatic N) is 3. The molecule has 0 aliphatic carbocycles. The van der Waals surface area contributed by atoms with E-state index in [4.69, 9.17) is 0 Å². The highest BCUT2D eigenvalue weighted by atomic mass is 16.2. The van der Waals surface area contributed by atoms with Crippen LogP contribution in [0.1, 0.15) is 61.9 Å². The van der Waals surface area contributed by atoms with Crippen molar-refractivity contribution < 1.29 is 9.59 Å². The maximum atomic E-state index is 13.0. The van der Waals surface area contributed by atoms with E-state index < -0.39 is 0 Å². The van der Waals surface area contributed by atoms with Crippen LogP contribution in [0, 0.1) is 18.3 Å². The van der Waals surface area contributed by atoms with Crippen molar-refractivity contribution in [1.29, 1.82) is 0 Å². The summed E-state index contributed by atoms with van der Waals surface area (Å²) in [4.78, 5) is 33.5. The molecule has 0 N–H and O–H groups in total. The number of amides is 2. The van der Waals surface area contributed by atoms with Crippen molar-refractivity contribution in [2.24, 2.45) is 11.3 Å². The van der Waals surface area contributed by atoms with Crippen LogP contribution < -0.4 is 0 Å². The molecule has 1 aromatic rings. The van der Waals surface area contributed by atoms with E-state index in [-0.39, 0.29) is 17.2 Å². The highest BCUT2D eigenvalue weighted by molar-refractivity contribution is 5.95. The number of hydrogen-bond donors (Lipinski definition) is 0. The molecule has 26 heavy (non-hydrogen) atoms. The van der Waals surface area contributed by atoms with Gasteiger partial charge in [-0.1, -0.05) is 13.8 Å². The lowest BCUT2D eigenvalue weighted by Crippen LogP contribution is -2.55. The van der Waals surface area contributed by atoms with E-state index in [0.29, 0.717) is 17.9 Å². The third kappa shape index (κ3) is 4.08. The monoisotopic (exact) mass is 357 g/mol. The predicted octanol–water partition coefficient (Wildman–Crippen LogP) is 3.28. The summed E-state index contributed by atoms with van der Waals surface area (Å²) >= 11 is 0. The van der Waals surface area contributed by atoms with Gasteiger partial charge < -0.3 is 9.80 Å². The number of hydrogen-bond acceptors (Lipinski definition) is 3. The van der Waals surface area contributed by atoms with Crippen LogP contribution in [0.5, 0.6) is 0 Å². The van der Waals surface area contributed by atoms with Crippen molar-refractivity contribution in [2.45, 2.75) is 52.9 Å². The van der Waals surface area contributed by atoms with Gasteiger partial charge in [-0.2, -0.15) is 0 Å². The van der Waals surface area contributed by atoms with Gasteiger partial charge in [0.2, 0.25) is 5.91 Å². The van der Waals surface area contributed by atoms with Crippen molar-refractivity contribution in [3.63, 3.8) is 0 Å². The molecule has 1 atom stereocenters. The van der Waals surface area contributed by atoms with Crippen molar-refractivity contribution in [3.8, 4) is 0 Å². The Labute approximate surface area is 156 Å². The van der Waals surface area contributed by atoms with Gasteiger partial charge in [-0.15, -0.1) is 0 Å². The third-order valence-electron chi connectivity index (χ3n) is 5.94. The van der Waals surface area contributed by atoms with E-state index >= 15 is 0 Å². The summed E-state index contributed by atoms with van der Waals surface area (Å²) in [6.07, 6.45) is 8.08. The fourth-order valence-corrected chi connectivity index (χ4v) is 4.29. The zero-order valence-electron chi connectivity index (χ0n) is 16.3. The molecule has 2 fully saturated rings. The minimum absolute atomic E-state index is 0.0644. The first-order chi connectivity index (χ1) is 12.4. The number of aryl methyl sites for hydroxylation is 1. The van der Waals surface area contributed by atoms with Crippen molar-refractivity contribution >= 4 is 11.8 Å². The number of likely N-dealkylation sites (tertiary alicyclic amines) is 2. The van der Waals surface area contributed by atoms with Crippen LogP contribution in [0.4, 0.5) is 0 Å². The Hall–Kier alpha value is -1.91. The van der Waals surface area contributed by atoms with Crippen LogP contribution in [0.15, 0.2) is 18.5 Å². The van der Waals surface area contributed by atoms with Gasteiger partial charge in [0.15, 0.2) is 0 Å². The van der Waals surface area contributed by atoms with Crippen molar-refractivity contribution in [3.05, 3.63) is 29.6 Å². The zero-order valence-corrected chi connectivity index (χ0v) is 16.3. The Morgan fingerprint density at radius 3 is 2.85 bits per heavy atom. The number of pyridine rings is 1. The quantitative estimate of drug-likeness (QED) is 0.831. The molecule has 5 nitrogen and oxygen atoms in total. The van der Waals surface area contributed by atoms with Gasteiger partial charge in [0.1, 0.15) is 0 Å². The van der Waals surface area contributed by atoms with Gasteiger partial charge in [0, 0.05) is 50.4 Å². The summed E-state index contributed by atoms with van der Waals surface area (Å²) in [6.45, 7) is 9.55. The number of rotatable bonds is 4. The molecule has 0 radical (unpaired) electrons. The second kappa shape index (κ2) is 7.77. The zero-order chi connectivity index (χ0) is 18.7. The first-order valence-electron chi connectivity index (χ1n) is 9.88. The molecule has 2 aliphatic heterocycles. The smallest absolute Gasteiger partial charge is 0.255 e. The summed E-state index contributed by atoms with van der Waals surface area (Å²) in [7, 11) is 0. The Morgan fingerprint density at radius 1 is 1.31 bits per heavy atom. The number of piperidine rings is 2. The van der Waals surface area contributed by atoms with Gasteiger partial charge in [-0.05, 0) is 50.2 Å². The minimum Gasteiger partial charge on any atom is -0.342 e. The Bertz CT molecular complexity index is 673. The molecule has 5 heteroatoms. The third-order valence-corrected chi connectivity index (χ3v) is 5.94. The summed E-state index contributed by atoms with van der Waals surface area (Å²) in [5, 5.41) is 0. The largest absolute Gasteiger partial charge is 0.342 e. The van der Waals surface area contributed by atoms with E-state index in [1.807, 2.05) is 22.8 Å². The van der Waals surface area contributed by atoms with Crippen LogP contribution in [0.25, 0.3) is 0 Å². The molecule has 3 rings (SSSR count). The molecule has 3 heterocycles. The molecule has 0 aromatic carbocycles. The molecule has 2 amide bonds. The maximum absolute atomic E-state index is 13.0. The normalized spacial score (nSPS) is 23.8. The Morgan fingerprint density at radius 2 is 2.12 bits per heavy atom. The molecule has 142 valence electrons. The SMILES string of the molecule is Cc1ccncc1C(=O)N1CCC[C@@]2(CCC(=O)N(CCC(C)C)C2)C1. The molecular weight excluding hydrogens is 326 g/mol. The first-order valence-corrected chi connectivity index (χ1v) is 9.88. The van der Waals surface area contributed by atoms with E-state index in [9.17, 15) is 9.59 Å². The first kappa shape index (κ1) is 18.9. The fourth-order valence-electron chi connectivity index (χ4n) is 4.29. The van der Waals surface area contributed by atoms with Gasteiger partial charge in [-0.25, -0.2) is 0 Å². The molecule has 0 saturated carbocycles. The van der Waals surface area contributed by atoms with Crippen LogP contribution in [-0.4, -0.2) is 52.8 Å². The predicted molar refractivity (Wildman–Crippen MR) is 102 cm³/mol. The van der Waals surface area contributed by atoms with E-state index in [1.54, 1.807) is 12.4 Å². The van der Waals surface area contributed by atoms with Gasteiger partial charge in [0.05, 0.1) is 5.56 Å². The molecule has 2 aliphatic rings. The van der Waals surface area contributed by atoms with E-state index in [1.165, 1.54) is 0 Å². The van der Waals surface area contributed by atoms with Crippen LogP contribution >= 0.6 is 0 Å². The van der Waals surface area contributed by atoms with Gasteiger partial charge >= 0.3 is 0 Å². The lowest BCUT2D eigenvalue weighted by molar-refractivity contribution is -0.139. The second-order valence-electron chi connectivity index (χ2n) is 8.52. The molecule has 1 aromatic heterocycles.